The normalized spacial score (nSPS) is 9.68. The van der Waals surface area contributed by atoms with Crippen LogP contribution in [0.3, 0.4) is 0 Å². The summed E-state index contributed by atoms with van der Waals surface area (Å²) in [4.78, 5) is 0. The van der Waals surface area contributed by atoms with Gasteiger partial charge in [0.2, 0.25) is 0 Å². The molecule has 31 heavy (non-hydrogen) atoms. The van der Waals surface area contributed by atoms with Crippen molar-refractivity contribution in [1.82, 2.24) is 0 Å². The minimum Gasteiger partial charge on any atom is -0.0776 e. The van der Waals surface area contributed by atoms with Crippen molar-refractivity contribution in [3.8, 4) is 0 Å². The number of rotatable bonds is 0. The lowest BCUT2D eigenvalue weighted by Crippen LogP contribution is -1.85. The van der Waals surface area contributed by atoms with Crippen LogP contribution in [0.1, 0.15) is 168 Å². The molecule has 2 rings (SSSR count). The van der Waals surface area contributed by atoms with Crippen LogP contribution >= 0.6 is 0 Å². The van der Waals surface area contributed by atoms with Crippen LogP contribution in [0.15, 0.2) is 36.4 Å². The first-order valence-electron chi connectivity index (χ1n) is 13.5. The third-order valence-corrected chi connectivity index (χ3v) is 2.17. The summed E-state index contributed by atoms with van der Waals surface area (Å²) in [6, 6.07) is 12.0. The Labute approximate surface area is 204 Å². The molecule has 0 nitrogen and oxygen atoms in total. The summed E-state index contributed by atoms with van der Waals surface area (Å²) in [7, 11) is 0. The van der Waals surface area contributed by atoms with E-state index in [0.717, 1.165) is 0 Å². The monoisotopic (exact) mass is 443 g/mol. The molecule has 1 aliphatic carbocycles. The van der Waals surface area contributed by atoms with Crippen molar-refractivity contribution in [1.29, 1.82) is 0 Å². The summed E-state index contributed by atoms with van der Waals surface area (Å²) in [5.41, 5.74) is 0. The Bertz CT molecular complexity index is 182. The van der Waals surface area contributed by atoms with Gasteiger partial charge in [0.1, 0.15) is 0 Å². The van der Waals surface area contributed by atoms with Gasteiger partial charge in [-0.2, -0.15) is 0 Å². The molecule has 0 heterocycles. The number of hydrogen-bond acceptors (Lipinski definition) is 0. The molecule has 1 aromatic rings. The SMILES string of the molecule is C.C1CCCCC1.CCC.CCC.CCC.CCC.CCC.CCC.c1ccccc1. The van der Waals surface area contributed by atoms with Crippen LogP contribution in [0.4, 0.5) is 0 Å². The van der Waals surface area contributed by atoms with E-state index >= 15 is 0 Å². The summed E-state index contributed by atoms with van der Waals surface area (Å²) in [5.74, 6) is 0. The minimum atomic E-state index is 0. The lowest BCUT2D eigenvalue weighted by Gasteiger charge is -2.05. The highest BCUT2D eigenvalue weighted by atomic mass is 14.0. The maximum Gasteiger partial charge on any atom is -0.0533 e. The Hall–Kier alpha value is -0.780. The molecule has 0 N–H and O–H groups in total. The van der Waals surface area contributed by atoms with Crippen LogP contribution in [-0.4, -0.2) is 0 Å². The predicted molar refractivity (Wildman–Crippen MR) is 157 cm³/mol. The van der Waals surface area contributed by atoms with Crippen LogP contribution in [0.5, 0.6) is 0 Å². The van der Waals surface area contributed by atoms with E-state index in [1.54, 1.807) is 0 Å². The lowest BCUT2D eigenvalue weighted by atomic mass is 10.0. The summed E-state index contributed by atoms with van der Waals surface area (Å²) in [6.07, 6.45) is 16.5. The van der Waals surface area contributed by atoms with Gasteiger partial charge in [-0.1, -0.05) is 204 Å². The molecule has 0 radical (unpaired) electrons. The molecule has 1 fully saturated rings. The Kier molecular flexibility index (Phi) is 121. The number of hydrogen-bond donors (Lipinski definition) is 0. The molecule has 0 heteroatoms. The second-order valence-electron chi connectivity index (χ2n) is 7.52. The fourth-order valence-electron chi connectivity index (χ4n) is 1.45. The fraction of sp³-hybridized carbons (Fsp3) is 0.806. The Morgan fingerprint density at radius 3 is 0.419 bits per heavy atom. The first kappa shape index (κ1) is 47.9. The molecule has 0 amide bonds. The molecule has 0 bridgehead atoms. The van der Waals surface area contributed by atoms with Crippen molar-refractivity contribution >= 4 is 0 Å². The van der Waals surface area contributed by atoms with Gasteiger partial charge in [0.15, 0.2) is 0 Å². The van der Waals surface area contributed by atoms with Gasteiger partial charge in [-0.3, -0.25) is 0 Å². The highest BCUT2D eigenvalue weighted by molar-refractivity contribution is 4.99. The largest absolute Gasteiger partial charge is 0.0776 e. The molecular formula is C31H70. The molecule has 0 aliphatic heterocycles. The first-order valence-corrected chi connectivity index (χ1v) is 13.5. The van der Waals surface area contributed by atoms with E-state index in [9.17, 15) is 0 Å². The third-order valence-electron chi connectivity index (χ3n) is 2.17. The van der Waals surface area contributed by atoms with Crippen LogP contribution < -0.4 is 0 Å². The average Bonchev–Trinajstić information content (AvgIpc) is 2.75. The van der Waals surface area contributed by atoms with Gasteiger partial charge >= 0.3 is 0 Å². The Morgan fingerprint density at radius 1 is 0.290 bits per heavy atom. The van der Waals surface area contributed by atoms with E-state index in [1.165, 1.54) is 77.0 Å². The molecule has 194 valence electrons. The Morgan fingerprint density at radius 2 is 0.355 bits per heavy atom. The molecule has 1 aliphatic rings. The lowest BCUT2D eigenvalue weighted by molar-refractivity contribution is 0.504. The summed E-state index contributed by atoms with van der Waals surface area (Å²) < 4.78 is 0. The summed E-state index contributed by atoms with van der Waals surface area (Å²) >= 11 is 0. The highest BCUT2D eigenvalue weighted by Crippen LogP contribution is 2.15. The van der Waals surface area contributed by atoms with Gasteiger partial charge < -0.3 is 0 Å². The van der Waals surface area contributed by atoms with Crippen molar-refractivity contribution in [3.05, 3.63) is 36.4 Å². The standard InChI is InChI=1S/C6H12.C6H6.6C3H8.CH4/c2*1-2-4-6-5-3-1;6*1-3-2;/h1-6H2;1-6H;6*3H2,1-2H3;1H4. The molecule has 0 atom stereocenters. The zero-order chi connectivity index (χ0) is 24.7. The van der Waals surface area contributed by atoms with Gasteiger partial charge in [0.05, 0.1) is 0 Å². The summed E-state index contributed by atoms with van der Waals surface area (Å²) in [5, 5.41) is 0. The smallest absolute Gasteiger partial charge is 0.0533 e. The van der Waals surface area contributed by atoms with Crippen molar-refractivity contribution in [2.75, 3.05) is 0 Å². The average molecular weight is 443 g/mol. The van der Waals surface area contributed by atoms with E-state index in [1.807, 2.05) is 36.4 Å². The van der Waals surface area contributed by atoms with E-state index in [4.69, 9.17) is 0 Å². The van der Waals surface area contributed by atoms with E-state index in [0.29, 0.717) is 0 Å². The van der Waals surface area contributed by atoms with Crippen LogP contribution in [0, 0.1) is 0 Å². The maximum atomic E-state index is 2.12. The van der Waals surface area contributed by atoms with E-state index in [2.05, 4.69) is 83.1 Å². The first-order chi connectivity index (χ1) is 14.5. The maximum absolute atomic E-state index is 2.12. The minimum absolute atomic E-state index is 0. The fourth-order valence-corrected chi connectivity index (χ4v) is 1.45. The van der Waals surface area contributed by atoms with Crippen molar-refractivity contribution in [2.24, 2.45) is 0 Å². The second kappa shape index (κ2) is 78.5. The third kappa shape index (κ3) is 172. The number of benzene rings is 1. The molecule has 0 unspecified atom stereocenters. The van der Waals surface area contributed by atoms with E-state index in [-0.39, 0.29) is 7.43 Å². The van der Waals surface area contributed by atoms with Crippen molar-refractivity contribution < 1.29 is 0 Å². The van der Waals surface area contributed by atoms with Crippen LogP contribution in [0.25, 0.3) is 0 Å². The quantitative estimate of drug-likeness (QED) is 0.374. The molecule has 0 saturated heterocycles. The molecule has 0 spiro atoms. The van der Waals surface area contributed by atoms with Crippen LogP contribution in [-0.2, 0) is 0 Å². The predicted octanol–water partition coefficient (Wildman–Crippen LogP) is 13.2. The molecular weight excluding hydrogens is 372 g/mol. The topological polar surface area (TPSA) is 0 Å². The molecule has 1 saturated carbocycles. The van der Waals surface area contributed by atoms with Gasteiger partial charge in [-0.25, -0.2) is 0 Å². The van der Waals surface area contributed by atoms with Gasteiger partial charge in [0, 0.05) is 0 Å². The zero-order valence-corrected chi connectivity index (χ0v) is 23.9. The zero-order valence-electron chi connectivity index (χ0n) is 23.9. The molecule has 1 aromatic carbocycles. The highest BCUT2D eigenvalue weighted by Gasteiger charge is 1.95. The van der Waals surface area contributed by atoms with Gasteiger partial charge in [-0.05, 0) is 0 Å². The summed E-state index contributed by atoms with van der Waals surface area (Å²) in [6.45, 7) is 25.5. The van der Waals surface area contributed by atoms with Crippen molar-refractivity contribution in [3.63, 3.8) is 0 Å². The van der Waals surface area contributed by atoms with Crippen molar-refractivity contribution in [2.45, 2.75) is 168 Å². The Balaban J connectivity index is -0.0000000436. The molecule has 0 aromatic heterocycles. The second-order valence-corrected chi connectivity index (χ2v) is 7.52. The van der Waals surface area contributed by atoms with E-state index < -0.39 is 0 Å². The van der Waals surface area contributed by atoms with Crippen LogP contribution in [0.2, 0.25) is 0 Å². The van der Waals surface area contributed by atoms with Gasteiger partial charge in [0.25, 0.3) is 0 Å². The van der Waals surface area contributed by atoms with Gasteiger partial charge in [-0.15, -0.1) is 0 Å².